The number of nitrogens with one attached hydrogen (secondary N) is 1. The summed E-state index contributed by atoms with van der Waals surface area (Å²) < 4.78 is 12.6. The van der Waals surface area contributed by atoms with Crippen LogP contribution in [-0.4, -0.2) is 29.2 Å². The van der Waals surface area contributed by atoms with Crippen LogP contribution >= 0.6 is 11.3 Å². The van der Waals surface area contributed by atoms with Gasteiger partial charge in [0, 0.05) is 11.9 Å². The lowest BCUT2D eigenvalue weighted by atomic mass is 9.96. The number of esters is 1. The highest BCUT2D eigenvalue weighted by Gasteiger charge is 2.33. The quantitative estimate of drug-likeness (QED) is 0.637. The Morgan fingerprint density at radius 1 is 1.30 bits per heavy atom. The number of H-pyrrole nitrogens is 1. The molecule has 0 aliphatic carbocycles. The Labute approximate surface area is 176 Å². The zero-order chi connectivity index (χ0) is 21.3. The van der Waals surface area contributed by atoms with Gasteiger partial charge in [-0.15, -0.1) is 0 Å². The minimum Gasteiger partial charge on any atom is -0.497 e. The number of allylic oxidation sites excluding steroid dienone is 1. The van der Waals surface area contributed by atoms with Crippen molar-refractivity contribution in [1.29, 1.82) is 0 Å². The highest BCUT2D eigenvalue weighted by atomic mass is 32.1. The summed E-state index contributed by atoms with van der Waals surface area (Å²) in [6.45, 7) is 3.76. The van der Waals surface area contributed by atoms with Gasteiger partial charge in [-0.1, -0.05) is 23.5 Å². The van der Waals surface area contributed by atoms with E-state index in [1.54, 1.807) is 37.8 Å². The molecule has 4 rings (SSSR count). The van der Waals surface area contributed by atoms with Crippen molar-refractivity contribution in [2.75, 3.05) is 13.7 Å². The lowest BCUT2D eigenvalue weighted by Gasteiger charge is -2.24. The third-order valence-electron chi connectivity index (χ3n) is 4.86. The molecule has 1 N–H and O–H groups in total. The van der Waals surface area contributed by atoms with Gasteiger partial charge in [0.2, 0.25) is 0 Å². The van der Waals surface area contributed by atoms with Gasteiger partial charge < -0.3 is 14.5 Å². The number of aromatic nitrogens is 2. The SMILES string of the molecule is CCOC(=O)C1=C(C)N=c2s/c(=C\c3ccc[nH]3)c(=O)n2[C@H]1c1ccc(OC)cc1. The molecule has 0 saturated carbocycles. The van der Waals surface area contributed by atoms with E-state index in [0.29, 0.717) is 26.4 Å². The maximum Gasteiger partial charge on any atom is 0.338 e. The van der Waals surface area contributed by atoms with Crippen LogP contribution in [0.25, 0.3) is 6.08 Å². The number of carbonyl (C=O) groups is 1. The molecule has 0 unspecified atom stereocenters. The number of fused-ring (bicyclic) bond motifs is 1. The second kappa shape index (κ2) is 8.16. The molecule has 1 aliphatic heterocycles. The average Bonchev–Trinajstić information content (AvgIpc) is 3.36. The number of hydrogen-bond acceptors (Lipinski definition) is 6. The number of nitrogens with zero attached hydrogens (tertiary/aromatic N) is 2. The van der Waals surface area contributed by atoms with Crippen molar-refractivity contribution in [2.24, 2.45) is 4.99 Å². The molecular formula is C22H21N3O4S. The molecule has 0 bridgehead atoms. The lowest BCUT2D eigenvalue weighted by molar-refractivity contribution is -0.139. The monoisotopic (exact) mass is 423 g/mol. The third kappa shape index (κ3) is 3.50. The molecule has 0 fully saturated rings. The number of benzene rings is 1. The van der Waals surface area contributed by atoms with Crippen LogP contribution in [0.15, 0.2) is 63.7 Å². The van der Waals surface area contributed by atoms with Gasteiger partial charge in [-0.2, -0.15) is 0 Å². The molecule has 0 spiro atoms. The highest BCUT2D eigenvalue weighted by molar-refractivity contribution is 7.07. The number of rotatable bonds is 5. The predicted molar refractivity (Wildman–Crippen MR) is 114 cm³/mol. The van der Waals surface area contributed by atoms with E-state index >= 15 is 0 Å². The molecule has 0 amide bonds. The van der Waals surface area contributed by atoms with Crippen LogP contribution < -0.4 is 19.6 Å². The van der Waals surface area contributed by atoms with Crippen LogP contribution in [0.2, 0.25) is 0 Å². The third-order valence-corrected chi connectivity index (χ3v) is 5.84. The molecule has 30 heavy (non-hydrogen) atoms. The maximum absolute atomic E-state index is 13.3. The van der Waals surface area contributed by atoms with Crippen molar-refractivity contribution in [1.82, 2.24) is 9.55 Å². The summed E-state index contributed by atoms with van der Waals surface area (Å²) in [5.74, 6) is 0.217. The number of hydrogen-bond donors (Lipinski definition) is 1. The van der Waals surface area contributed by atoms with E-state index in [0.717, 1.165) is 11.3 Å². The number of ether oxygens (including phenoxy) is 2. The molecule has 154 valence electrons. The number of aromatic amines is 1. The molecule has 7 nitrogen and oxygen atoms in total. The Hall–Kier alpha value is -3.39. The zero-order valence-corrected chi connectivity index (χ0v) is 17.7. The predicted octanol–water partition coefficient (Wildman–Crippen LogP) is 2.14. The Morgan fingerprint density at radius 3 is 2.70 bits per heavy atom. The topological polar surface area (TPSA) is 85.7 Å². The highest BCUT2D eigenvalue weighted by Crippen LogP contribution is 2.31. The molecule has 1 aliphatic rings. The number of carbonyl (C=O) groups excluding carboxylic acids is 1. The Morgan fingerprint density at radius 2 is 2.07 bits per heavy atom. The first kappa shape index (κ1) is 19.9. The molecule has 1 atom stereocenters. The fourth-order valence-corrected chi connectivity index (χ4v) is 4.51. The molecule has 2 aromatic heterocycles. The first-order valence-electron chi connectivity index (χ1n) is 9.50. The molecule has 0 saturated heterocycles. The van der Waals surface area contributed by atoms with Crippen molar-refractivity contribution >= 4 is 23.4 Å². The second-order valence-corrected chi connectivity index (χ2v) is 7.71. The molecule has 3 heterocycles. The summed E-state index contributed by atoms with van der Waals surface area (Å²) in [5.41, 5.74) is 2.30. The Balaban J connectivity index is 1.95. The summed E-state index contributed by atoms with van der Waals surface area (Å²) in [4.78, 5) is 34.3. The van der Waals surface area contributed by atoms with E-state index in [1.807, 2.05) is 36.4 Å². The van der Waals surface area contributed by atoms with Crippen LogP contribution in [0.3, 0.4) is 0 Å². The second-order valence-electron chi connectivity index (χ2n) is 6.70. The van der Waals surface area contributed by atoms with Crippen molar-refractivity contribution in [3.63, 3.8) is 0 Å². The van der Waals surface area contributed by atoms with E-state index in [-0.39, 0.29) is 12.2 Å². The van der Waals surface area contributed by atoms with Gasteiger partial charge in [0.05, 0.1) is 35.6 Å². The fourth-order valence-electron chi connectivity index (χ4n) is 3.47. The van der Waals surface area contributed by atoms with Gasteiger partial charge in [-0.25, -0.2) is 9.79 Å². The molecule has 0 radical (unpaired) electrons. The summed E-state index contributed by atoms with van der Waals surface area (Å²) in [7, 11) is 1.59. The largest absolute Gasteiger partial charge is 0.497 e. The molecule has 8 heteroatoms. The summed E-state index contributed by atoms with van der Waals surface area (Å²) in [6.07, 6.45) is 3.59. The van der Waals surface area contributed by atoms with Crippen molar-refractivity contribution < 1.29 is 14.3 Å². The van der Waals surface area contributed by atoms with Crippen LogP contribution in [-0.2, 0) is 9.53 Å². The Bertz CT molecular complexity index is 1280. The van der Waals surface area contributed by atoms with Crippen LogP contribution in [0, 0.1) is 0 Å². The normalized spacial score (nSPS) is 16.2. The van der Waals surface area contributed by atoms with Crippen molar-refractivity contribution in [3.8, 4) is 5.75 Å². The molecular weight excluding hydrogens is 402 g/mol. The minimum atomic E-state index is -0.628. The van der Waals surface area contributed by atoms with E-state index in [2.05, 4.69) is 9.98 Å². The van der Waals surface area contributed by atoms with Gasteiger partial charge >= 0.3 is 5.97 Å². The number of thiazole rings is 1. The van der Waals surface area contributed by atoms with Crippen LogP contribution in [0.4, 0.5) is 0 Å². The van der Waals surface area contributed by atoms with Crippen molar-refractivity contribution in [3.05, 3.63) is 84.8 Å². The summed E-state index contributed by atoms with van der Waals surface area (Å²) >= 11 is 1.29. The van der Waals surface area contributed by atoms with Gasteiger partial charge in [-0.05, 0) is 49.8 Å². The standard InChI is InChI=1S/C22H21N3O4S/c1-4-29-21(27)18-13(2)24-22-25(19(18)14-7-9-16(28-3)10-8-14)20(26)17(30-22)12-15-6-5-11-23-15/h5-12,19,23H,4H2,1-3H3/b17-12-/t19-/m0/s1. The lowest BCUT2D eigenvalue weighted by Crippen LogP contribution is -2.39. The van der Waals surface area contributed by atoms with E-state index in [1.165, 1.54) is 11.3 Å². The fraction of sp³-hybridized carbons (Fsp3) is 0.227. The minimum absolute atomic E-state index is 0.205. The molecule has 1 aromatic carbocycles. The molecule has 3 aromatic rings. The van der Waals surface area contributed by atoms with E-state index < -0.39 is 12.0 Å². The van der Waals surface area contributed by atoms with Gasteiger partial charge in [0.1, 0.15) is 5.75 Å². The maximum atomic E-state index is 13.3. The average molecular weight is 423 g/mol. The van der Waals surface area contributed by atoms with Crippen LogP contribution in [0.5, 0.6) is 5.75 Å². The van der Waals surface area contributed by atoms with Gasteiger partial charge in [-0.3, -0.25) is 9.36 Å². The smallest absolute Gasteiger partial charge is 0.338 e. The zero-order valence-electron chi connectivity index (χ0n) is 16.8. The van der Waals surface area contributed by atoms with Gasteiger partial charge in [0.25, 0.3) is 5.56 Å². The van der Waals surface area contributed by atoms with E-state index in [9.17, 15) is 9.59 Å². The summed E-state index contributed by atoms with van der Waals surface area (Å²) in [5, 5.41) is 0. The van der Waals surface area contributed by atoms with E-state index in [4.69, 9.17) is 9.47 Å². The van der Waals surface area contributed by atoms with Crippen molar-refractivity contribution in [2.45, 2.75) is 19.9 Å². The first-order chi connectivity index (χ1) is 14.5. The summed E-state index contributed by atoms with van der Waals surface area (Å²) in [6, 6.07) is 10.4. The van der Waals surface area contributed by atoms with Gasteiger partial charge in [0.15, 0.2) is 4.80 Å². The number of methoxy groups -OCH3 is 1. The first-order valence-corrected chi connectivity index (χ1v) is 10.3. The van der Waals surface area contributed by atoms with Crippen LogP contribution in [0.1, 0.15) is 31.1 Å². The Kier molecular flexibility index (Phi) is 5.41.